The van der Waals surface area contributed by atoms with Gasteiger partial charge >= 0.3 is 0 Å². The number of likely N-dealkylation sites (N-methyl/N-ethyl adjacent to an activating group) is 1. The average Bonchev–Trinajstić information content (AvgIpc) is 2.94. The van der Waals surface area contributed by atoms with Gasteiger partial charge in [-0.05, 0) is 44.6 Å². The fraction of sp³-hybridized carbons (Fsp3) is 0.526. The van der Waals surface area contributed by atoms with Gasteiger partial charge in [-0.2, -0.15) is 0 Å². The number of carbonyl (C=O) groups is 1. The van der Waals surface area contributed by atoms with Crippen LogP contribution in [-0.2, 0) is 17.6 Å². The van der Waals surface area contributed by atoms with Gasteiger partial charge in [-0.3, -0.25) is 4.79 Å². The van der Waals surface area contributed by atoms with E-state index < -0.39 is 0 Å². The lowest BCUT2D eigenvalue weighted by Gasteiger charge is -2.20. The Kier molecular flexibility index (Phi) is 5.87. The summed E-state index contributed by atoms with van der Waals surface area (Å²) in [7, 11) is 0. The number of hydrogen-bond acceptors (Lipinski definition) is 6. The summed E-state index contributed by atoms with van der Waals surface area (Å²) in [4.78, 5) is 25.7. The molecule has 0 saturated carbocycles. The molecule has 26 heavy (non-hydrogen) atoms. The van der Waals surface area contributed by atoms with Crippen molar-refractivity contribution in [2.75, 3.05) is 24.6 Å². The van der Waals surface area contributed by atoms with E-state index in [9.17, 15) is 4.79 Å². The summed E-state index contributed by atoms with van der Waals surface area (Å²) in [6.07, 6.45) is 3.35. The molecule has 1 aliphatic carbocycles. The number of fused-ring (bicyclic) bond motifs is 3. The Balaban J connectivity index is 1.77. The van der Waals surface area contributed by atoms with Crippen molar-refractivity contribution in [1.82, 2.24) is 14.9 Å². The number of hydrogen-bond donors (Lipinski definition) is 1. The number of nitrogen functional groups attached to an aromatic ring is 1. The standard InChI is InChI=1S/C19H26N4OS2/c1-5-23(9-11(2)3)15(24)10-25-19-21-17(20)16-13-7-6-12(4)8-14(13)26-18(16)22-19/h12H,2,5-10H2,1,3-4H3,(H2,20,21,22)/t12-/m0/s1. The first-order chi connectivity index (χ1) is 12.4. The number of aryl methyl sites for hydroxylation is 1. The molecule has 1 amide bonds. The van der Waals surface area contributed by atoms with Gasteiger partial charge in [-0.15, -0.1) is 11.3 Å². The zero-order valence-electron chi connectivity index (χ0n) is 15.7. The fourth-order valence-electron chi connectivity index (χ4n) is 3.33. The molecule has 0 aliphatic heterocycles. The first-order valence-electron chi connectivity index (χ1n) is 9.01. The minimum absolute atomic E-state index is 0.0714. The lowest BCUT2D eigenvalue weighted by atomic mass is 9.89. The van der Waals surface area contributed by atoms with E-state index in [1.165, 1.54) is 28.6 Å². The zero-order valence-corrected chi connectivity index (χ0v) is 17.3. The van der Waals surface area contributed by atoms with Gasteiger partial charge in [-0.1, -0.05) is 30.8 Å². The Morgan fingerprint density at radius 1 is 1.46 bits per heavy atom. The second-order valence-electron chi connectivity index (χ2n) is 7.08. The highest BCUT2D eigenvalue weighted by Crippen LogP contribution is 2.39. The van der Waals surface area contributed by atoms with Crippen LogP contribution in [-0.4, -0.2) is 39.6 Å². The Hall–Kier alpha value is -1.60. The topological polar surface area (TPSA) is 72.1 Å². The predicted octanol–water partition coefficient (Wildman–Crippen LogP) is 3.92. The van der Waals surface area contributed by atoms with Crippen molar-refractivity contribution in [2.45, 2.75) is 45.2 Å². The lowest BCUT2D eigenvalue weighted by molar-refractivity contribution is -0.127. The molecule has 1 aliphatic rings. The molecule has 2 heterocycles. The van der Waals surface area contributed by atoms with Crippen molar-refractivity contribution in [1.29, 1.82) is 0 Å². The first kappa shape index (κ1) is 19.2. The minimum Gasteiger partial charge on any atom is -0.383 e. The largest absolute Gasteiger partial charge is 0.383 e. The number of amides is 1. The predicted molar refractivity (Wildman–Crippen MR) is 111 cm³/mol. The number of anilines is 1. The molecule has 1 atom stereocenters. The van der Waals surface area contributed by atoms with Gasteiger partial charge in [0.25, 0.3) is 0 Å². The Morgan fingerprint density at radius 2 is 2.23 bits per heavy atom. The third-order valence-electron chi connectivity index (χ3n) is 4.68. The zero-order chi connectivity index (χ0) is 18.8. The fourth-order valence-corrected chi connectivity index (χ4v) is 5.54. The number of thiophene rings is 1. The molecule has 0 aromatic carbocycles. The Labute approximate surface area is 163 Å². The van der Waals surface area contributed by atoms with E-state index in [0.717, 1.165) is 28.6 Å². The normalized spacial score (nSPS) is 16.5. The van der Waals surface area contributed by atoms with E-state index in [4.69, 9.17) is 5.73 Å². The molecule has 140 valence electrons. The maximum absolute atomic E-state index is 12.4. The average molecular weight is 391 g/mol. The van der Waals surface area contributed by atoms with Gasteiger partial charge in [0.2, 0.25) is 5.91 Å². The number of nitrogens with two attached hydrogens (primary N) is 1. The molecule has 2 N–H and O–H groups in total. The van der Waals surface area contributed by atoms with Gasteiger partial charge in [0.1, 0.15) is 10.6 Å². The van der Waals surface area contributed by atoms with E-state index in [1.54, 1.807) is 16.2 Å². The molecule has 5 nitrogen and oxygen atoms in total. The van der Waals surface area contributed by atoms with E-state index in [1.807, 2.05) is 13.8 Å². The second-order valence-corrected chi connectivity index (χ2v) is 9.10. The smallest absolute Gasteiger partial charge is 0.233 e. The second kappa shape index (κ2) is 7.96. The molecule has 0 spiro atoms. The summed E-state index contributed by atoms with van der Waals surface area (Å²) in [6, 6.07) is 0. The summed E-state index contributed by atoms with van der Waals surface area (Å²) in [5, 5.41) is 1.62. The highest BCUT2D eigenvalue weighted by Gasteiger charge is 2.23. The molecule has 2 aromatic heterocycles. The highest BCUT2D eigenvalue weighted by molar-refractivity contribution is 7.99. The number of rotatable bonds is 6. The quantitative estimate of drug-likeness (QED) is 0.460. The summed E-state index contributed by atoms with van der Waals surface area (Å²) < 4.78 is 0. The molecule has 2 aromatic rings. The van der Waals surface area contributed by atoms with Crippen molar-refractivity contribution in [3.8, 4) is 0 Å². The van der Waals surface area contributed by atoms with Crippen molar-refractivity contribution >= 4 is 45.0 Å². The Morgan fingerprint density at radius 3 is 2.92 bits per heavy atom. The van der Waals surface area contributed by atoms with Gasteiger partial charge in [0.05, 0.1) is 11.1 Å². The van der Waals surface area contributed by atoms with Crippen LogP contribution in [0.25, 0.3) is 10.2 Å². The number of aromatic nitrogens is 2. The summed E-state index contributed by atoms with van der Waals surface area (Å²) in [6.45, 7) is 11.3. The van der Waals surface area contributed by atoms with Crippen LogP contribution in [0.2, 0.25) is 0 Å². The van der Waals surface area contributed by atoms with E-state index in [-0.39, 0.29) is 5.91 Å². The van der Waals surface area contributed by atoms with Crippen molar-refractivity contribution in [2.24, 2.45) is 5.92 Å². The van der Waals surface area contributed by atoms with Crippen molar-refractivity contribution < 1.29 is 4.79 Å². The summed E-state index contributed by atoms with van der Waals surface area (Å²) in [5.74, 6) is 1.65. The van der Waals surface area contributed by atoms with Crippen LogP contribution in [0.3, 0.4) is 0 Å². The number of carbonyl (C=O) groups excluding carboxylic acids is 1. The molecule has 0 unspecified atom stereocenters. The van der Waals surface area contributed by atoms with Gasteiger partial charge < -0.3 is 10.6 Å². The van der Waals surface area contributed by atoms with Crippen LogP contribution in [0.4, 0.5) is 5.82 Å². The summed E-state index contributed by atoms with van der Waals surface area (Å²) >= 11 is 3.09. The van der Waals surface area contributed by atoms with Crippen molar-refractivity contribution in [3.05, 3.63) is 22.6 Å². The van der Waals surface area contributed by atoms with Crippen LogP contribution < -0.4 is 5.73 Å². The molecular weight excluding hydrogens is 364 g/mol. The van der Waals surface area contributed by atoms with Crippen LogP contribution in [0.5, 0.6) is 0 Å². The van der Waals surface area contributed by atoms with E-state index >= 15 is 0 Å². The molecule has 0 bridgehead atoms. The van der Waals surface area contributed by atoms with Gasteiger partial charge in [-0.25, -0.2) is 9.97 Å². The van der Waals surface area contributed by atoms with Crippen molar-refractivity contribution in [3.63, 3.8) is 0 Å². The molecular formula is C19H26N4OS2. The monoisotopic (exact) mass is 390 g/mol. The molecule has 0 saturated heterocycles. The maximum Gasteiger partial charge on any atom is 0.233 e. The molecule has 0 radical (unpaired) electrons. The number of nitrogens with zero attached hydrogens (tertiary/aromatic N) is 3. The number of thioether (sulfide) groups is 1. The molecule has 0 fully saturated rings. The third kappa shape index (κ3) is 4.04. The minimum atomic E-state index is 0.0714. The maximum atomic E-state index is 12.4. The SMILES string of the molecule is C=C(C)CN(CC)C(=O)CSc1nc(N)c2c3c(sc2n1)C[C@@H](C)CC3. The van der Waals surface area contributed by atoms with Gasteiger partial charge in [0, 0.05) is 18.0 Å². The molecule has 7 heteroatoms. The van der Waals surface area contributed by atoms with Crippen LogP contribution in [0, 0.1) is 5.92 Å². The highest BCUT2D eigenvalue weighted by atomic mass is 32.2. The first-order valence-corrected chi connectivity index (χ1v) is 10.8. The third-order valence-corrected chi connectivity index (χ3v) is 6.66. The van der Waals surface area contributed by atoms with Gasteiger partial charge in [0.15, 0.2) is 5.16 Å². The van der Waals surface area contributed by atoms with E-state index in [2.05, 4.69) is 23.5 Å². The Bertz CT molecular complexity index is 846. The molecule has 3 rings (SSSR count). The van der Waals surface area contributed by atoms with E-state index in [0.29, 0.717) is 35.7 Å². The lowest BCUT2D eigenvalue weighted by Crippen LogP contribution is -2.33. The summed E-state index contributed by atoms with van der Waals surface area (Å²) in [5.41, 5.74) is 8.57. The van der Waals surface area contributed by atoms with Crippen LogP contribution >= 0.6 is 23.1 Å². The van der Waals surface area contributed by atoms with Crippen LogP contribution in [0.1, 0.15) is 37.6 Å². The van der Waals surface area contributed by atoms with Crippen LogP contribution in [0.15, 0.2) is 17.3 Å².